The second-order valence-electron chi connectivity index (χ2n) is 3.54. The third-order valence-corrected chi connectivity index (χ3v) is 2.34. The minimum Gasteiger partial charge on any atom is -0.493 e. The number of aryl methyl sites for hydroxylation is 1. The lowest BCUT2D eigenvalue weighted by Gasteiger charge is -2.10. The van der Waals surface area contributed by atoms with Crippen molar-refractivity contribution in [3.63, 3.8) is 0 Å². The molecule has 0 aliphatic heterocycles. The summed E-state index contributed by atoms with van der Waals surface area (Å²) in [5.74, 6) is -2.66. The maximum atomic E-state index is 13.7. The van der Waals surface area contributed by atoms with Crippen LogP contribution >= 0.6 is 0 Å². The van der Waals surface area contributed by atoms with Gasteiger partial charge in [0, 0.05) is 6.42 Å². The molecular formula is C12H13FO5. The van der Waals surface area contributed by atoms with E-state index >= 15 is 0 Å². The minimum absolute atomic E-state index is 0.0552. The highest BCUT2D eigenvalue weighted by molar-refractivity contribution is 5.92. The molecule has 1 rings (SSSR count). The van der Waals surface area contributed by atoms with E-state index in [0.717, 1.165) is 6.07 Å². The molecule has 1 aromatic rings. The number of halogens is 1. The molecule has 6 heteroatoms. The van der Waals surface area contributed by atoms with Gasteiger partial charge in [0.15, 0.2) is 11.6 Å². The van der Waals surface area contributed by atoms with Crippen molar-refractivity contribution in [2.24, 2.45) is 0 Å². The van der Waals surface area contributed by atoms with Crippen molar-refractivity contribution >= 4 is 11.9 Å². The summed E-state index contributed by atoms with van der Waals surface area (Å²) >= 11 is 0. The number of aliphatic carboxylic acids is 1. The molecule has 0 aliphatic carbocycles. The van der Waals surface area contributed by atoms with E-state index in [9.17, 15) is 14.0 Å². The first-order valence-corrected chi connectivity index (χ1v) is 5.16. The monoisotopic (exact) mass is 256 g/mol. The van der Waals surface area contributed by atoms with Crippen LogP contribution in [0.25, 0.3) is 0 Å². The Labute approximate surface area is 103 Å². The summed E-state index contributed by atoms with van der Waals surface area (Å²) in [6.45, 7) is 0. The first kappa shape index (κ1) is 14.0. The van der Waals surface area contributed by atoms with Crippen LogP contribution < -0.4 is 4.74 Å². The number of ether oxygens (including phenoxy) is 2. The van der Waals surface area contributed by atoms with Gasteiger partial charge in [-0.1, -0.05) is 0 Å². The van der Waals surface area contributed by atoms with Gasteiger partial charge in [-0.25, -0.2) is 9.18 Å². The molecule has 0 spiro atoms. The van der Waals surface area contributed by atoms with Gasteiger partial charge in [-0.3, -0.25) is 4.79 Å². The lowest BCUT2D eigenvalue weighted by molar-refractivity contribution is -0.136. The number of carbonyl (C=O) groups is 2. The second kappa shape index (κ2) is 6.00. The summed E-state index contributed by atoms with van der Waals surface area (Å²) in [6.07, 6.45) is -0.0212. The maximum Gasteiger partial charge on any atom is 0.341 e. The Morgan fingerprint density at radius 1 is 1.33 bits per heavy atom. The SMILES string of the molecule is COC(=O)c1cc(CCC(=O)O)cc(F)c1OC. The zero-order chi connectivity index (χ0) is 13.7. The number of benzene rings is 1. The fourth-order valence-corrected chi connectivity index (χ4v) is 1.51. The fourth-order valence-electron chi connectivity index (χ4n) is 1.51. The van der Waals surface area contributed by atoms with Crippen LogP contribution in [0.15, 0.2) is 12.1 Å². The van der Waals surface area contributed by atoms with Crippen molar-refractivity contribution in [2.45, 2.75) is 12.8 Å². The lowest BCUT2D eigenvalue weighted by atomic mass is 10.0. The number of hydrogen-bond donors (Lipinski definition) is 1. The molecule has 98 valence electrons. The van der Waals surface area contributed by atoms with E-state index in [2.05, 4.69) is 4.74 Å². The Hall–Kier alpha value is -2.11. The van der Waals surface area contributed by atoms with Crippen LogP contribution in [-0.2, 0) is 16.0 Å². The maximum absolute atomic E-state index is 13.7. The summed E-state index contributed by atoms with van der Waals surface area (Å²) in [7, 11) is 2.41. The highest BCUT2D eigenvalue weighted by Crippen LogP contribution is 2.25. The first-order chi connectivity index (χ1) is 8.49. The van der Waals surface area contributed by atoms with Gasteiger partial charge in [0.25, 0.3) is 0 Å². The standard InChI is InChI=1S/C12H13FO5/c1-17-11-8(12(16)18-2)5-7(6-9(11)13)3-4-10(14)15/h5-6H,3-4H2,1-2H3,(H,14,15). The number of esters is 1. The van der Waals surface area contributed by atoms with Gasteiger partial charge >= 0.3 is 11.9 Å². The van der Waals surface area contributed by atoms with E-state index in [1.807, 2.05) is 0 Å². The van der Waals surface area contributed by atoms with E-state index in [0.29, 0.717) is 5.56 Å². The second-order valence-corrected chi connectivity index (χ2v) is 3.54. The first-order valence-electron chi connectivity index (χ1n) is 5.16. The van der Waals surface area contributed by atoms with Gasteiger partial charge in [-0.15, -0.1) is 0 Å². The van der Waals surface area contributed by atoms with Crippen LogP contribution in [0.2, 0.25) is 0 Å². The lowest BCUT2D eigenvalue weighted by Crippen LogP contribution is -2.07. The molecule has 0 saturated heterocycles. The highest BCUT2D eigenvalue weighted by atomic mass is 19.1. The predicted octanol–water partition coefficient (Wildman–Crippen LogP) is 1.64. The number of carboxylic acids is 1. The van der Waals surface area contributed by atoms with Crippen LogP contribution in [0.1, 0.15) is 22.3 Å². The van der Waals surface area contributed by atoms with E-state index in [1.54, 1.807) is 0 Å². The van der Waals surface area contributed by atoms with Crippen molar-refractivity contribution in [1.29, 1.82) is 0 Å². The molecule has 0 amide bonds. The van der Waals surface area contributed by atoms with Crippen molar-refractivity contribution in [2.75, 3.05) is 14.2 Å². The Balaban J connectivity index is 3.13. The molecule has 18 heavy (non-hydrogen) atoms. The van der Waals surface area contributed by atoms with Crippen molar-refractivity contribution in [1.82, 2.24) is 0 Å². The molecule has 0 fully saturated rings. The van der Waals surface area contributed by atoms with E-state index < -0.39 is 17.8 Å². The van der Waals surface area contributed by atoms with Gasteiger partial charge in [0.2, 0.25) is 0 Å². The normalized spacial score (nSPS) is 9.94. The number of methoxy groups -OCH3 is 2. The van der Waals surface area contributed by atoms with E-state index in [-0.39, 0.29) is 24.2 Å². The molecule has 1 aromatic carbocycles. The molecular weight excluding hydrogens is 243 g/mol. The van der Waals surface area contributed by atoms with Crippen LogP contribution in [0.4, 0.5) is 4.39 Å². The van der Waals surface area contributed by atoms with E-state index in [4.69, 9.17) is 9.84 Å². The topological polar surface area (TPSA) is 72.8 Å². The van der Waals surface area contributed by atoms with Crippen LogP contribution in [-0.4, -0.2) is 31.3 Å². The van der Waals surface area contributed by atoms with Crippen molar-refractivity contribution < 1.29 is 28.6 Å². The van der Waals surface area contributed by atoms with Gasteiger partial charge in [0.05, 0.1) is 14.2 Å². The average Bonchev–Trinajstić information content (AvgIpc) is 2.34. The summed E-state index contributed by atoms with van der Waals surface area (Å²) in [5.41, 5.74) is 0.344. The Morgan fingerprint density at radius 3 is 2.50 bits per heavy atom. The summed E-state index contributed by atoms with van der Waals surface area (Å²) in [4.78, 5) is 21.9. The summed E-state index contributed by atoms with van der Waals surface area (Å²) in [5, 5.41) is 8.56. The Morgan fingerprint density at radius 2 is 2.00 bits per heavy atom. The zero-order valence-electron chi connectivity index (χ0n) is 10.0. The molecule has 0 bridgehead atoms. The molecule has 1 N–H and O–H groups in total. The van der Waals surface area contributed by atoms with Crippen LogP contribution in [0.5, 0.6) is 5.75 Å². The average molecular weight is 256 g/mol. The molecule has 0 radical (unpaired) electrons. The van der Waals surface area contributed by atoms with Crippen LogP contribution in [0, 0.1) is 5.82 Å². The smallest absolute Gasteiger partial charge is 0.341 e. The Bertz CT molecular complexity index is 470. The molecule has 0 atom stereocenters. The Kier molecular flexibility index (Phi) is 4.65. The van der Waals surface area contributed by atoms with Gasteiger partial charge in [-0.05, 0) is 24.1 Å². The van der Waals surface area contributed by atoms with Crippen molar-refractivity contribution in [3.05, 3.63) is 29.1 Å². The predicted molar refractivity (Wildman–Crippen MR) is 60.2 cm³/mol. The molecule has 0 aliphatic rings. The molecule has 5 nitrogen and oxygen atoms in total. The summed E-state index contributed by atoms with van der Waals surface area (Å²) in [6, 6.07) is 2.52. The third-order valence-electron chi connectivity index (χ3n) is 2.34. The number of rotatable bonds is 5. The van der Waals surface area contributed by atoms with Crippen LogP contribution in [0.3, 0.4) is 0 Å². The summed E-state index contributed by atoms with van der Waals surface area (Å²) < 4.78 is 23.0. The molecule has 0 heterocycles. The van der Waals surface area contributed by atoms with Gasteiger partial charge in [0.1, 0.15) is 5.56 Å². The number of carbonyl (C=O) groups excluding carboxylic acids is 1. The quantitative estimate of drug-likeness (QED) is 0.811. The van der Waals surface area contributed by atoms with Gasteiger partial charge < -0.3 is 14.6 Å². The molecule has 0 saturated carbocycles. The number of hydrogen-bond acceptors (Lipinski definition) is 4. The fraction of sp³-hybridized carbons (Fsp3) is 0.333. The van der Waals surface area contributed by atoms with E-state index in [1.165, 1.54) is 20.3 Å². The molecule has 0 unspecified atom stereocenters. The largest absolute Gasteiger partial charge is 0.493 e. The zero-order valence-corrected chi connectivity index (χ0v) is 10.0. The third kappa shape index (κ3) is 3.19. The van der Waals surface area contributed by atoms with Crippen molar-refractivity contribution in [3.8, 4) is 5.75 Å². The molecule has 0 aromatic heterocycles. The van der Waals surface area contributed by atoms with Gasteiger partial charge in [-0.2, -0.15) is 0 Å². The minimum atomic E-state index is -0.995. The highest BCUT2D eigenvalue weighted by Gasteiger charge is 2.18. The number of carboxylic acid groups (broad SMARTS) is 1.